The number of hydrogen-bond donors (Lipinski definition) is 2. The molecule has 0 aliphatic rings. The van der Waals surface area contributed by atoms with E-state index in [2.05, 4.69) is 27.2 Å². The number of halogens is 2. The number of H-pyrrole nitrogens is 1. The van der Waals surface area contributed by atoms with Gasteiger partial charge in [-0.25, -0.2) is 18.7 Å². The summed E-state index contributed by atoms with van der Waals surface area (Å²) in [6.07, 6.45) is -0.545. The molecule has 0 saturated heterocycles. The summed E-state index contributed by atoms with van der Waals surface area (Å²) in [4.78, 5) is 24.6. The number of fused-ring (bicyclic) bond motifs is 5. The Labute approximate surface area is 155 Å². The lowest BCUT2D eigenvalue weighted by atomic mass is 10.1. The molecule has 0 aliphatic carbocycles. The molecule has 0 radical (unpaired) electrons. The van der Waals surface area contributed by atoms with Crippen LogP contribution >= 0.6 is 22.7 Å². The summed E-state index contributed by atoms with van der Waals surface area (Å²) in [5.74, 6) is 0. The number of nitrogens with zero attached hydrogens (tertiary/aromatic N) is 2. The molecule has 0 bridgehead atoms. The van der Waals surface area contributed by atoms with Gasteiger partial charge in [0, 0.05) is 11.9 Å². The van der Waals surface area contributed by atoms with Crippen molar-refractivity contribution in [2.45, 2.75) is 33.1 Å². The van der Waals surface area contributed by atoms with E-state index in [1.54, 1.807) is 6.92 Å². The number of anilines is 1. The highest BCUT2D eigenvalue weighted by Gasteiger charge is 2.20. The molecule has 0 saturated carbocycles. The Hall–Kier alpha value is -2.13. The van der Waals surface area contributed by atoms with Crippen molar-refractivity contribution >= 4 is 58.5 Å². The van der Waals surface area contributed by atoms with E-state index in [4.69, 9.17) is 0 Å². The summed E-state index contributed by atoms with van der Waals surface area (Å²) in [5.41, 5.74) is 1.43. The fourth-order valence-corrected chi connectivity index (χ4v) is 5.12. The second-order valence-electron chi connectivity index (χ2n) is 6.08. The molecule has 0 spiro atoms. The van der Waals surface area contributed by atoms with Gasteiger partial charge in [0.1, 0.15) is 20.7 Å². The highest BCUT2D eigenvalue weighted by molar-refractivity contribution is 7.27. The molecule has 4 heterocycles. The summed E-state index contributed by atoms with van der Waals surface area (Å²) in [6, 6.07) is 1.38. The zero-order valence-corrected chi connectivity index (χ0v) is 15.8. The summed E-state index contributed by atoms with van der Waals surface area (Å²) < 4.78 is 27.4. The molecule has 26 heavy (non-hydrogen) atoms. The average molecular weight is 394 g/mol. The van der Waals surface area contributed by atoms with Crippen molar-refractivity contribution in [3.05, 3.63) is 27.7 Å². The van der Waals surface area contributed by atoms with Crippen LogP contribution in [0.1, 0.15) is 37.4 Å². The molecule has 0 aromatic carbocycles. The SMILES string of the molecule is CCCCNc1nc2c(s1)c(=O)[nH]c1c2sc2nc(C(F)F)cc(C)c21. The van der Waals surface area contributed by atoms with Crippen LogP contribution in [0.4, 0.5) is 13.9 Å². The fraction of sp³-hybridized carbons (Fsp3) is 0.353. The Morgan fingerprint density at radius 2 is 2.08 bits per heavy atom. The van der Waals surface area contributed by atoms with E-state index >= 15 is 0 Å². The third-order valence-corrected chi connectivity index (χ3v) is 6.30. The number of alkyl halides is 2. The van der Waals surface area contributed by atoms with E-state index in [0.717, 1.165) is 24.1 Å². The average Bonchev–Trinajstić information content (AvgIpc) is 3.17. The fourth-order valence-electron chi connectivity index (χ4n) is 2.95. The lowest BCUT2D eigenvalue weighted by Gasteiger charge is -2.02. The van der Waals surface area contributed by atoms with Gasteiger partial charge in [-0.05, 0) is 25.0 Å². The van der Waals surface area contributed by atoms with Crippen molar-refractivity contribution in [2.24, 2.45) is 0 Å². The van der Waals surface area contributed by atoms with Gasteiger partial charge in [0.2, 0.25) is 0 Å². The van der Waals surface area contributed by atoms with Gasteiger partial charge in [-0.2, -0.15) is 0 Å². The first-order chi connectivity index (χ1) is 12.5. The number of rotatable bonds is 5. The number of unbranched alkanes of at least 4 members (excludes halogenated alkanes) is 1. The number of aryl methyl sites for hydroxylation is 1. The maximum Gasteiger partial charge on any atom is 0.280 e. The smallest absolute Gasteiger partial charge is 0.280 e. The lowest BCUT2D eigenvalue weighted by molar-refractivity contribution is 0.146. The first-order valence-corrected chi connectivity index (χ1v) is 9.91. The van der Waals surface area contributed by atoms with Crippen LogP contribution in [0.5, 0.6) is 0 Å². The van der Waals surface area contributed by atoms with Crippen molar-refractivity contribution < 1.29 is 8.78 Å². The molecule has 5 nitrogen and oxygen atoms in total. The van der Waals surface area contributed by atoms with E-state index in [0.29, 0.717) is 36.6 Å². The second-order valence-corrected chi connectivity index (χ2v) is 8.08. The first-order valence-electron chi connectivity index (χ1n) is 8.28. The minimum Gasteiger partial charge on any atom is -0.361 e. The molecular weight excluding hydrogens is 378 g/mol. The molecule has 4 rings (SSSR count). The van der Waals surface area contributed by atoms with Crippen LogP contribution in [-0.2, 0) is 0 Å². The van der Waals surface area contributed by atoms with Crippen molar-refractivity contribution in [3.8, 4) is 0 Å². The largest absolute Gasteiger partial charge is 0.361 e. The molecule has 0 atom stereocenters. The minimum absolute atomic E-state index is 0.217. The normalized spacial score (nSPS) is 12.0. The van der Waals surface area contributed by atoms with Crippen LogP contribution in [0, 0.1) is 6.92 Å². The number of aromatic nitrogens is 3. The quantitative estimate of drug-likeness (QED) is 0.456. The summed E-state index contributed by atoms with van der Waals surface area (Å²) in [7, 11) is 0. The van der Waals surface area contributed by atoms with Crippen molar-refractivity contribution in [1.29, 1.82) is 0 Å². The Balaban J connectivity index is 1.97. The molecule has 4 aromatic rings. The zero-order chi connectivity index (χ0) is 18.4. The summed E-state index contributed by atoms with van der Waals surface area (Å²) in [6.45, 7) is 4.65. The molecule has 0 unspecified atom stereocenters. The predicted molar refractivity (Wildman–Crippen MR) is 104 cm³/mol. The monoisotopic (exact) mass is 394 g/mol. The first kappa shape index (κ1) is 17.3. The van der Waals surface area contributed by atoms with Crippen molar-refractivity contribution in [1.82, 2.24) is 15.0 Å². The lowest BCUT2D eigenvalue weighted by Crippen LogP contribution is -2.03. The minimum atomic E-state index is -2.63. The molecular formula is C17H16F2N4OS2. The molecule has 9 heteroatoms. The molecule has 4 aromatic heterocycles. The molecule has 0 amide bonds. The third kappa shape index (κ3) is 2.75. The number of thiophene rings is 1. The standard InChI is InChI=1S/C17H16F2N4OS2/c1-3-4-5-20-17-23-11-12-10(22-15(24)13(11)26-17)9-7(2)6-8(14(18)19)21-16(9)25-12/h6,14H,3-5H2,1-2H3,(H,20,23)(H,22,24). The van der Waals surface area contributed by atoms with Crippen LogP contribution in [0.3, 0.4) is 0 Å². The van der Waals surface area contributed by atoms with Crippen molar-refractivity contribution in [2.75, 3.05) is 11.9 Å². The number of pyridine rings is 2. The summed E-state index contributed by atoms with van der Waals surface area (Å²) in [5, 5.41) is 4.65. The van der Waals surface area contributed by atoms with Gasteiger partial charge < -0.3 is 10.3 Å². The van der Waals surface area contributed by atoms with E-state index in [1.165, 1.54) is 28.7 Å². The van der Waals surface area contributed by atoms with Crippen LogP contribution in [-0.4, -0.2) is 21.5 Å². The highest BCUT2D eigenvalue weighted by atomic mass is 32.1. The Morgan fingerprint density at radius 3 is 2.81 bits per heavy atom. The van der Waals surface area contributed by atoms with Crippen LogP contribution in [0.25, 0.3) is 30.6 Å². The molecule has 0 fully saturated rings. The number of thiazole rings is 1. The van der Waals surface area contributed by atoms with Crippen LogP contribution < -0.4 is 10.9 Å². The Bertz CT molecular complexity index is 1180. The molecule has 0 aliphatic heterocycles. The second kappa shape index (κ2) is 6.55. The number of nitrogens with one attached hydrogen (secondary N) is 2. The van der Waals surface area contributed by atoms with Crippen LogP contribution in [0.2, 0.25) is 0 Å². The molecule has 2 N–H and O–H groups in total. The van der Waals surface area contributed by atoms with Gasteiger partial charge in [0.15, 0.2) is 5.13 Å². The van der Waals surface area contributed by atoms with E-state index in [9.17, 15) is 13.6 Å². The Kier molecular flexibility index (Phi) is 4.36. The van der Waals surface area contributed by atoms with Gasteiger partial charge in [0.05, 0.1) is 10.2 Å². The van der Waals surface area contributed by atoms with E-state index in [-0.39, 0.29) is 11.3 Å². The van der Waals surface area contributed by atoms with Crippen molar-refractivity contribution in [3.63, 3.8) is 0 Å². The zero-order valence-electron chi connectivity index (χ0n) is 14.2. The molecule has 136 valence electrons. The van der Waals surface area contributed by atoms with E-state index < -0.39 is 6.43 Å². The third-order valence-electron chi connectivity index (χ3n) is 4.20. The number of aromatic amines is 1. The maximum absolute atomic E-state index is 13.1. The number of hydrogen-bond acceptors (Lipinski definition) is 6. The van der Waals surface area contributed by atoms with Crippen LogP contribution in [0.15, 0.2) is 10.9 Å². The van der Waals surface area contributed by atoms with E-state index in [1.807, 2.05) is 0 Å². The topological polar surface area (TPSA) is 70.7 Å². The maximum atomic E-state index is 13.1. The van der Waals surface area contributed by atoms with Gasteiger partial charge in [0.25, 0.3) is 12.0 Å². The predicted octanol–water partition coefficient (Wildman–Crippen LogP) is 5.21. The summed E-state index contributed by atoms with van der Waals surface area (Å²) >= 11 is 2.60. The highest BCUT2D eigenvalue weighted by Crippen LogP contribution is 2.39. The van der Waals surface area contributed by atoms with Gasteiger partial charge in [-0.3, -0.25) is 4.79 Å². The van der Waals surface area contributed by atoms with Gasteiger partial charge in [-0.1, -0.05) is 24.7 Å². The Morgan fingerprint density at radius 1 is 1.27 bits per heavy atom. The van der Waals surface area contributed by atoms with Gasteiger partial charge in [-0.15, -0.1) is 11.3 Å². The van der Waals surface area contributed by atoms with Gasteiger partial charge >= 0.3 is 0 Å².